The van der Waals surface area contributed by atoms with Gasteiger partial charge in [-0.05, 0) is 24.6 Å². The molecule has 1 saturated heterocycles. The molecular weight excluding hydrogens is 243 g/mol. The number of anilines is 1. The molecule has 1 aliphatic heterocycles. The van der Waals surface area contributed by atoms with Crippen molar-refractivity contribution in [2.75, 3.05) is 25.0 Å². The van der Waals surface area contributed by atoms with Gasteiger partial charge in [-0.3, -0.25) is 4.79 Å². The van der Waals surface area contributed by atoms with Crippen molar-refractivity contribution in [2.24, 2.45) is 11.8 Å². The first kappa shape index (κ1) is 14.0. The average molecular weight is 265 g/mol. The summed E-state index contributed by atoms with van der Waals surface area (Å²) < 4.78 is 13.0. The Bertz CT molecular complexity index is 440. The second-order valence-electron chi connectivity index (χ2n) is 5.84. The number of hydrogen-bond donors (Lipinski definition) is 2. The molecule has 1 amide bonds. The first-order chi connectivity index (χ1) is 9.02. The standard InChI is InChI=1S/C15H21FN2O/c1-11-6-12(2)9-18(8-11)10-15(19)17-14-5-3-4-13(16)7-14/h3-5,7,11-12H,6,8-10H2,1-2H3,(H,17,19)/p+1/t11-,12+. The van der Waals surface area contributed by atoms with E-state index < -0.39 is 0 Å². The van der Waals surface area contributed by atoms with Crippen LogP contribution >= 0.6 is 0 Å². The maximum Gasteiger partial charge on any atom is 0.279 e. The lowest BCUT2D eigenvalue weighted by Gasteiger charge is -2.31. The number of hydrogen-bond acceptors (Lipinski definition) is 1. The molecule has 3 nitrogen and oxygen atoms in total. The van der Waals surface area contributed by atoms with Crippen LogP contribution in [0.1, 0.15) is 20.3 Å². The molecule has 0 aliphatic carbocycles. The summed E-state index contributed by atoms with van der Waals surface area (Å²) >= 11 is 0. The Kier molecular flexibility index (Phi) is 4.53. The molecule has 1 aromatic carbocycles. The fourth-order valence-electron chi connectivity index (χ4n) is 3.07. The minimum Gasteiger partial charge on any atom is -0.327 e. The van der Waals surface area contributed by atoms with Crippen LogP contribution in [0.15, 0.2) is 24.3 Å². The van der Waals surface area contributed by atoms with Crippen LogP contribution in [0.5, 0.6) is 0 Å². The van der Waals surface area contributed by atoms with Gasteiger partial charge in [-0.2, -0.15) is 0 Å². The lowest BCUT2D eigenvalue weighted by molar-refractivity contribution is -0.904. The molecule has 0 saturated carbocycles. The van der Waals surface area contributed by atoms with Crippen molar-refractivity contribution in [3.63, 3.8) is 0 Å². The lowest BCUT2D eigenvalue weighted by atomic mass is 9.92. The molecule has 4 heteroatoms. The van der Waals surface area contributed by atoms with Gasteiger partial charge in [-0.25, -0.2) is 4.39 Å². The topological polar surface area (TPSA) is 33.5 Å². The molecule has 1 aliphatic rings. The summed E-state index contributed by atoms with van der Waals surface area (Å²) in [6.07, 6.45) is 1.25. The summed E-state index contributed by atoms with van der Waals surface area (Å²) in [7, 11) is 0. The van der Waals surface area contributed by atoms with Gasteiger partial charge in [0.25, 0.3) is 5.91 Å². The first-order valence-electron chi connectivity index (χ1n) is 6.92. The summed E-state index contributed by atoms with van der Waals surface area (Å²) in [5, 5.41) is 2.76. The highest BCUT2D eigenvalue weighted by Crippen LogP contribution is 2.12. The molecule has 1 fully saturated rings. The van der Waals surface area contributed by atoms with Gasteiger partial charge in [-0.15, -0.1) is 0 Å². The van der Waals surface area contributed by atoms with Crippen LogP contribution in [0.25, 0.3) is 0 Å². The Hall–Kier alpha value is -1.42. The molecule has 104 valence electrons. The van der Waals surface area contributed by atoms with Gasteiger partial charge in [0.15, 0.2) is 6.54 Å². The van der Waals surface area contributed by atoms with Gasteiger partial charge >= 0.3 is 0 Å². The van der Waals surface area contributed by atoms with Crippen molar-refractivity contribution in [1.29, 1.82) is 0 Å². The van der Waals surface area contributed by atoms with E-state index in [0.717, 1.165) is 13.1 Å². The van der Waals surface area contributed by atoms with E-state index in [9.17, 15) is 9.18 Å². The Balaban J connectivity index is 1.87. The zero-order chi connectivity index (χ0) is 13.8. The number of amides is 1. The van der Waals surface area contributed by atoms with E-state index in [1.165, 1.54) is 23.5 Å². The summed E-state index contributed by atoms with van der Waals surface area (Å²) in [6.45, 7) is 7.02. The van der Waals surface area contributed by atoms with Gasteiger partial charge in [0.1, 0.15) is 5.82 Å². The minimum absolute atomic E-state index is 0.0399. The normalized spacial score (nSPS) is 27.0. The second kappa shape index (κ2) is 6.15. The maximum atomic E-state index is 13.0. The van der Waals surface area contributed by atoms with E-state index in [0.29, 0.717) is 24.1 Å². The Morgan fingerprint density at radius 2 is 2.05 bits per heavy atom. The molecule has 2 rings (SSSR count). The predicted molar refractivity (Wildman–Crippen MR) is 73.5 cm³/mol. The molecule has 0 aromatic heterocycles. The van der Waals surface area contributed by atoms with Crippen LogP contribution in [-0.2, 0) is 4.79 Å². The Morgan fingerprint density at radius 1 is 1.37 bits per heavy atom. The summed E-state index contributed by atoms with van der Waals surface area (Å²) in [6, 6.07) is 6.02. The maximum absolute atomic E-state index is 13.0. The molecule has 0 spiro atoms. The largest absolute Gasteiger partial charge is 0.327 e. The highest BCUT2D eigenvalue weighted by molar-refractivity contribution is 5.91. The Labute approximate surface area is 113 Å². The van der Waals surface area contributed by atoms with Gasteiger partial charge in [0.2, 0.25) is 0 Å². The second-order valence-corrected chi connectivity index (χ2v) is 5.84. The SMILES string of the molecule is C[C@@H]1C[C@H](C)C[NH+](CC(=O)Nc2cccc(F)c2)C1. The predicted octanol–water partition coefficient (Wildman–Crippen LogP) is 1.33. The third-order valence-corrected chi connectivity index (χ3v) is 3.60. The molecular formula is C15H22FN2O+. The molecule has 3 atom stereocenters. The van der Waals surface area contributed by atoms with Gasteiger partial charge in [0, 0.05) is 17.5 Å². The minimum atomic E-state index is -0.328. The first-order valence-corrected chi connectivity index (χ1v) is 6.92. The number of piperidine rings is 1. The lowest BCUT2D eigenvalue weighted by Crippen LogP contribution is -3.15. The van der Waals surface area contributed by atoms with Crippen LogP contribution in [0.3, 0.4) is 0 Å². The monoisotopic (exact) mass is 265 g/mol. The number of benzene rings is 1. The van der Waals surface area contributed by atoms with Crippen LogP contribution < -0.4 is 10.2 Å². The van der Waals surface area contributed by atoms with Gasteiger partial charge < -0.3 is 10.2 Å². The van der Waals surface area contributed by atoms with E-state index in [2.05, 4.69) is 19.2 Å². The van der Waals surface area contributed by atoms with Crippen molar-refractivity contribution in [3.8, 4) is 0 Å². The molecule has 2 N–H and O–H groups in total. The number of carbonyl (C=O) groups excluding carboxylic acids is 1. The summed E-state index contributed by atoms with van der Waals surface area (Å²) in [5.74, 6) is 0.966. The molecule has 19 heavy (non-hydrogen) atoms. The van der Waals surface area contributed by atoms with Crippen molar-refractivity contribution in [1.82, 2.24) is 0 Å². The highest BCUT2D eigenvalue weighted by atomic mass is 19.1. The molecule has 1 aromatic rings. The fraction of sp³-hybridized carbons (Fsp3) is 0.533. The zero-order valence-corrected chi connectivity index (χ0v) is 11.6. The number of quaternary nitrogens is 1. The van der Waals surface area contributed by atoms with Crippen LogP contribution in [0, 0.1) is 17.7 Å². The van der Waals surface area contributed by atoms with Crippen LogP contribution in [0.2, 0.25) is 0 Å². The highest BCUT2D eigenvalue weighted by Gasteiger charge is 2.26. The van der Waals surface area contributed by atoms with Gasteiger partial charge in [0.05, 0.1) is 13.1 Å². The number of likely N-dealkylation sites (tertiary alicyclic amines) is 1. The average Bonchev–Trinajstić information content (AvgIpc) is 2.26. The van der Waals surface area contributed by atoms with E-state index in [4.69, 9.17) is 0 Å². The zero-order valence-electron chi connectivity index (χ0n) is 11.6. The van der Waals surface area contributed by atoms with E-state index >= 15 is 0 Å². The van der Waals surface area contributed by atoms with Crippen molar-refractivity contribution in [2.45, 2.75) is 20.3 Å². The molecule has 1 unspecified atom stereocenters. The van der Waals surface area contributed by atoms with Crippen LogP contribution in [-0.4, -0.2) is 25.5 Å². The van der Waals surface area contributed by atoms with E-state index in [1.807, 2.05) is 0 Å². The third kappa shape index (κ3) is 4.31. The number of carbonyl (C=O) groups is 1. The van der Waals surface area contributed by atoms with E-state index in [-0.39, 0.29) is 11.7 Å². The van der Waals surface area contributed by atoms with Crippen molar-refractivity contribution >= 4 is 11.6 Å². The van der Waals surface area contributed by atoms with E-state index in [1.54, 1.807) is 12.1 Å². The Morgan fingerprint density at radius 3 is 2.68 bits per heavy atom. The molecule has 1 heterocycles. The fourth-order valence-corrected chi connectivity index (χ4v) is 3.07. The number of halogens is 1. The third-order valence-electron chi connectivity index (χ3n) is 3.60. The van der Waals surface area contributed by atoms with Crippen molar-refractivity contribution in [3.05, 3.63) is 30.1 Å². The quantitative estimate of drug-likeness (QED) is 0.849. The van der Waals surface area contributed by atoms with Gasteiger partial charge in [-0.1, -0.05) is 19.9 Å². The summed E-state index contributed by atoms with van der Waals surface area (Å²) in [4.78, 5) is 13.3. The summed E-state index contributed by atoms with van der Waals surface area (Å²) in [5.41, 5.74) is 0.530. The van der Waals surface area contributed by atoms with Crippen molar-refractivity contribution < 1.29 is 14.1 Å². The van der Waals surface area contributed by atoms with Crippen LogP contribution in [0.4, 0.5) is 10.1 Å². The number of rotatable bonds is 3. The molecule has 0 bridgehead atoms. The number of nitrogens with one attached hydrogen (secondary N) is 2. The molecule has 0 radical (unpaired) electrons. The smallest absolute Gasteiger partial charge is 0.279 e.